The summed E-state index contributed by atoms with van der Waals surface area (Å²) in [6.07, 6.45) is 4.05. The van der Waals surface area contributed by atoms with E-state index in [4.69, 9.17) is 4.74 Å². The molecule has 2 aromatic rings. The van der Waals surface area contributed by atoms with Gasteiger partial charge in [-0.1, -0.05) is 6.07 Å². The van der Waals surface area contributed by atoms with Crippen LogP contribution in [0.15, 0.2) is 24.5 Å². The third kappa shape index (κ3) is 1.89. The number of hydrogen-bond donors (Lipinski definition) is 2. The molecule has 2 N–H and O–H groups in total. The maximum absolute atomic E-state index is 12.4. The number of ether oxygens (including phenoxy) is 1. The molecule has 1 aromatic heterocycles. The van der Waals surface area contributed by atoms with E-state index in [0.717, 1.165) is 12.1 Å². The molecule has 3 fully saturated rings. The van der Waals surface area contributed by atoms with Gasteiger partial charge in [-0.15, -0.1) is 0 Å². The standard InChI is InChI=1S/C15H17N3O2/c19-15(11-2-1-3-12-14(11)17-9-16-12)20-13-8-18-6-4-10(13)5-7-18/h1-3,9-10,13H,4-8H2,(H,16,17)/p+1/t13-/m1/s1. The number of para-hydroxylation sites is 1. The van der Waals surface area contributed by atoms with Crippen molar-refractivity contribution in [2.24, 2.45) is 5.92 Å². The van der Waals surface area contributed by atoms with Crippen molar-refractivity contribution in [2.75, 3.05) is 19.6 Å². The number of esters is 1. The molecule has 104 valence electrons. The highest BCUT2D eigenvalue weighted by Gasteiger charge is 2.39. The monoisotopic (exact) mass is 272 g/mol. The minimum atomic E-state index is -0.235. The van der Waals surface area contributed by atoms with Gasteiger partial charge in [0.1, 0.15) is 12.1 Å². The molecule has 0 unspecified atom stereocenters. The van der Waals surface area contributed by atoms with E-state index in [9.17, 15) is 4.79 Å². The second-order valence-electron chi connectivity index (χ2n) is 5.84. The molecule has 5 heteroatoms. The molecule has 20 heavy (non-hydrogen) atoms. The molecular formula is C15H18N3O2+. The number of aromatic nitrogens is 2. The molecule has 3 saturated heterocycles. The van der Waals surface area contributed by atoms with Crippen molar-refractivity contribution in [1.29, 1.82) is 0 Å². The Labute approximate surface area is 116 Å². The first-order valence-corrected chi connectivity index (χ1v) is 7.28. The number of fused-ring (bicyclic) bond motifs is 4. The molecule has 3 aliphatic heterocycles. The van der Waals surface area contributed by atoms with Crippen LogP contribution in [-0.2, 0) is 4.74 Å². The lowest BCUT2D eigenvalue weighted by atomic mass is 9.86. The predicted octanol–water partition coefficient (Wildman–Crippen LogP) is 0.397. The summed E-state index contributed by atoms with van der Waals surface area (Å²) in [5.41, 5.74) is 2.14. The van der Waals surface area contributed by atoms with E-state index < -0.39 is 0 Å². The number of benzene rings is 1. The summed E-state index contributed by atoms with van der Waals surface area (Å²) in [5.74, 6) is 0.315. The Kier molecular flexibility index (Phi) is 2.73. The van der Waals surface area contributed by atoms with Crippen LogP contribution in [-0.4, -0.2) is 41.7 Å². The second kappa shape index (κ2) is 4.59. The minimum Gasteiger partial charge on any atom is -0.452 e. The lowest BCUT2D eigenvalue weighted by Crippen LogP contribution is -3.16. The topological polar surface area (TPSA) is 59.4 Å². The van der Waals surface area contributed by atoms with Crippen molar-refractivity contribution >= 4 is 17.0 Å². The van der Waals surface area contributed by atoms with Gasteiger partial charge in [0.25, 0.3) is 0 Å². The van der Waals surface area contributed by atoms with Gasteiger partial charge in [-0.2, -0.15) is 0 Å². The normalized spacial score (nSPS) is 28.7. The van der Waals surface area contributed by atoms with Crippen LogP contribution in [0.3, 0.4) is 0 Å². The smallest absolute Gasteiger partial charge is 0.340 e. The Hall–Kier alpha value is -1.88. The maximum Gasteiger partial charge on any atom is 0.340 e. The van der Waals surface area contributed by atoms with Crippen LogP contribution < -0.4 is 4.90 Å². The van der Waals surface area contributed by atoms with Crippen molar-refractivity contribution < 1.29 is 14.4 Å². The third-order valence-corrected chi connectivity index (χ3v) is 4.68. The van der Waals surface area contributed by atoms with Gasteiger partial charge in [-0.25, -0.2) is 9.78 Å². The highest BCUT2D eigenvalue weighted by Crippen LogP contribution is 2.23. The summed E-state index contributed by atoms with van der Waals surface area (Å²) in [7, 11) is 0. The number of piperidine rings is 3. The van der Waals surface area contributed by atoms with E-state index in [1.54, 1.807) is 17.3 Å². The molecule has 1 aromatic carbocycles. The minimum absolute atomic E-state index is 0.0780. The van der Waals surface area contributed by atoms with Gasteiger partial charge in [-0.3, -0.25) is 0 Å². The fourth-order valence-electron chi connectivity index (χ4n) is 3.54. The summed E-state index contributed by atoms with van der Waals surface area (Å²) in [5, 5.41) is 0. The zero-order valence-corrected chi connectivity index (χ0v) is 11.3. The Morgan fingerprint density at radius 2 is 2.20 bits per heavy atom. The lowest BCUT2D eigenvalue weighted by Gasteiger charge is -2.41. The molecule has 3 aliphatic rings. The SMILES string of the molecule is O=C(O[C@@H]1C[NH+]2CCC1CC2)c1cccc2[nH]cnc12. The predicted molar refractivity (Wildman–Crippen MR) is 73.6 cm³/mol. The van der Waals surface area contributed by atoms with Crippen LogP contribution in [0, 0.1) is 5.92 Å². The molecule has 4 heterocycles. The number of carbonyl (C=O) groups is 1. The van der Waals surface area contributed by atoms with Crippen LogP contribution in [0.4, 0.5) is 0 Å². The number of quaternary nitrogens is 1. The fourth-order valence-corrected chi connectivity index (χ4v) is 3.54. The van der Waals surface area contributed by atoms with E-state index in [1.807, 2.05) is 12.1 Å². The molecule has 5 nitrogen and oxygen atoms in total. The average molecular weight is 272 g/mol. The van der Waals surface area contributed by atoms with E-state index in [2.05, 4.69) is 9.97 Å². The Morgan fingerprint density at radius 1 is 1.35 bits per heavy atom. The van der Waals surface area contributed by atoms with E-state index in [-0.39, 0.29) is 12.1 Å². The number of carbonyl (C=O) groups excluding carboxylic acids is 1. The zero-order chi connectivity index (χ0) is 13.5. The second-order valence-corrected chi connectivity index (χ2v) is 5.84. The van der Waals surface area contributed by atoms with Crippen molar-refractivity contribution in [3.8, 4) is 0 Å². The number of nitrogens with zero attached hydrogens (tertiary/aromatic N) is 1. The molecule has 5 rings (SSSR count). The molecule has 0 aliphatic carbocycles. The van der Waals surface area contributed by atoms with Gasteiger partial charge in [0.05, 0.1) is 30.5 Å². The molecule has 0 spiro atoms. The zero-order valence-electron chi connectivity index (χ0n) is 11.3. The van der Waals surface area contributed by atoms with Crippen LogP contribution in [0.2, 0.25) is 0 Å². The molecule has 0 amide bonds. The fraction of sp³-hybridized carbons (Fsp3) is 0.467. The van der Waals surface area contributed by atoms with Gasteiger partial charge in [0.15, 0.2) is 6.10 Å². The average Bonchev–Trinajstić information content (AvgIpc) is 2.96. The van der Waals surface area contributed by atoms with Crippen molar-refractivity contribution in [2.45, 2.75) is 18.9 Å². The Balaban J connectivity index is 1.57. The van der Waals surface area contributed by atoms with Gasteiger partial charge in [0, 0.05) is 18.8 Å². The number of rotatable bonds is 2. The van der Waals surface area contributed by atoms with E-state index >= 15 is 0 Å². The van der Waals surface area contributed by atoms with Crippen LogP contribution in [0.5, 0.6) is 0 Å². The molecule has 0 radical (unpaired) electrons. The Bertz CT molecular complexity index is 643. The summed E-state index contributed by atoms with van der Waals surface area (Å²) in [6, 6.07) is 5.57. The summed E-state index contributed by atoms with van der Waals surface area (Å²) in [6.45, 7) is 3.42. The van der Waals surface area contributed by atoms with Crippen molar-refractivity contribution in [3.05, 3.63) is 30.1 Å². The van der Waals surface area contributed by atoms with Gasteiger partial charge in [0.2, 0.25) is 0 Å². The number of aromatic amines is 1. The number of hydrogen-bond acceptors (Lipinski definition) is 3. The Morgan fingerprint density at radius 3 is 2.95 bits per heavy atom. The van der Waals surface area contributed by atoms with Gasteiger partial charge >= 0.3 is 5.97 Å². The summed E-state index contributed by atoms with van der Waals surface area (Å²) < 4.78 is 5.78. The van der Waals surface area contributed by atoms with Crippen LogP contribution in [0.25, 0.3) is 11.0 Å². The van der Waals surface area contributed by atoms with Crippen molar-refractivity contribution in [3.63, 3.8) is 0 Å². The van der Waals surface area contributed by atoms with E-state index in [0.29, 0.717) is 17.0 Å². The van der Waals surface area contributed by atoms with Crippen LogP contribution >= 0.6 is 0 Å². The first-order valence-electron chi connectivity index (χ1n) is 7.28. The van der Waals surface area contributed by atoms with E-state index in [1.165, 1.54) is 25.9 Å². The number of imidazole rings is 1. The largest absolute Gasteiger partial charge is 0.452 e. The first-order chi connectivity index (χ1) is 9.81. The van der Waals surface area contributed by atoms with Gasteiger partial charge in [-0.05, 0) is 12.1 Å². The summed E-state index contributed by atoms with van der Waals surface area (Å²) in [4.78, 5) is 21.2. The number of nitrogens with one attached hydrogen (secondary N) is 2. The highest BCUT2D eigenvalue weighted by molar-refractivity contribution is 6.01. The molecular weight excluding hydrogens is 254 g/mol. The van der Waals surface area contributed by atoms with Crippen molar-refractivity contribution in [1.82, 2.24) is 9.97 Å². The lowest BCUT2D eigenvalue weighted by molar-refractivity contribution is -0.920. The number of H-pyrrole nitrogens is 1. The molecule has 0 saturated carbocycles. The molecule has 1 atom stereocenters. The maximum atomic E-state index is 12.4. The quantitative estimate of drug-likeness (QED) is 0.778. The molecule has 2 bridgehead atoms. The third-order valence-electron chi connectivity index (χ3n) is 4.68. The summed E-state index contributed by atoms with van der Waals surface area (Å²) >= 11 is 0. The van der Waals surface area contributed by atoms with Crippen LogP contribution in [0.1, 0.15) is 23.2 Å². The highest BCUT2D eigenvalue weighted by atomic mass is 16.5. The van der Waals surface area contributed by atoms with Gasteiger partial charge < -0.3 is 14.6 Å². The first kappa shape index (κ1) is 11.9.